The number of carbonyl (C=O) groups is 3. The summed E-state index contributed by atoms with van der Waals surface area (Å²) in [5, 5.41) is 18.2. The van der Waals surface area contributed by atoms with Crippen LogP contribution in [-0.4, -0.2) is 70.1 Å². The Hall–Kier alpha value is -7.57. The van der Waals surface area contributed by atoms with Crippen molar-refractivity contribution in [3.63, 3.8) is 0 Å². The first-order valence-corrected chi connectivity index (χ1v) is 23.5. The van der Waals surface area contributed by atoms with Gasteiger partial charge < -0.3 is 28.5 Å². The number of carboxylic acids is 2. The van der Waals surface area contributed by atoms with Gasteiger partial charge in [-0.3, -0.25) is 19.3 Å². The zero-order valence-electron chi connectivity index (χ0n) is 39.4. The fourth-order valence-corrected chi connectivity index (χ4v) is 9.41. The minimum absolute atomic E-state index is 0.0289. The highest BCUT2D eigenvalue weighted by Crippen LogP contribution is 2.37. The zero-order valence-corrected chi connectivity index (χ0v) is 39.4. The van der Waals surface area contributed by atoms with Crippen LogP contribution in [0.4, 0.5) is 0 Å². The van der Waals surface area contributed by atoms with Crippen LogP contribution in [-0.2, 0) is 16.1 Å². The Labute approximate surface area is 401 Å². The van der Waals surface area contributed by atoms with Gasteiger partial charge in [0, 0.05) is 35.4 Å². The van der Waals surface area contributed by atoms with Crippen LogP contribution in [0.1, 0.15) is 78.4 Å². The largest absolute Gasteiger partial charge is 0.496 e. The molecular formula is C57H57N3O9. The van der Waals surface area contributed by atoms with Gasteiger partial charge in [0.1, 0.15) is 28.6 Å². The van der Waals surface area contributed by atoms with Gasteiger partial charge in [0.2, 0.25) is 11.8 Å². The summed E-state index contributed by atoms with van der Waals surface area (Å²) in [6.45, 7) is 5.40. The number of aromatic nitrogens is 2. The van der Waals surface area contributed by atoms with Crippen LogP contribution in [0.25, 0.3) is 67.4 Å². The van der Waals surface area contributed by atoms with Gasteiger partial charge in [-0.2, -0.15) is 0 Å². The normalized spacial score (nSPS) is 15.1. The van der Waals surface area contributed by atoms with Crippen molar-refractivity contribution in [3.8, 4) is 56.7 Å². The Morgan fingerprint density at radius 1 is 0.623 bits per heavy atom. The Morgan fingerprint density at radius 3 is 1.62 bits per heavy atom. The van der Waals surface area contributed by atoms with Gasteiger partial charge in [0.15, 0.2) is 17.5 Å². The number of likely N-dealkylation sites (tertiary alicyclic amines) is 1. The molecule has 0 radical (unpaired) electrons. The number of methoxy groups -OCH3 is 2. The van der Waals surface area contributed by atoms with E-state index in [2.05, 4.69) is 55.2 Å². The van der Waals surface area contributed by atoms with E-state index < -0.39 is 18.0 Å². The number of carboxylic acid groups (broad SMARTS) is 2. The van der Waals surface area contributed by atoms with E-state index in [0.717, 1.165) is 107 Å². The first-order valence-electron chi connectivity index (χ1n) is 23.5. The van der Waals surface area contributed by atoms with Gasteiger partial charge in [-0.15, -0.1) is 0 Å². The number of nitrogens with zero attached hydrogens (tertiary/aromatic N) is 3. The van der Waals surface area contributed by atoms with Crippen molar-refractivity contribution in [2.75, 3.05) is 20.8 Å². The number of fused-ring (bicyclic) bond motifs is 2. The number of rotatable bonds is 11. The van der Waals surface area contributed by atoms with Crippen LogP contribution < -0.4 is 9.47 Å². The molecule has 10 rings (SSSR count). The van der Waals surface area contributed by atoms with Gasteiger partial charge in [-0.05, 0) is 104 Å². The van der Waals surface area contributed by atoms with Crippen molar-refractivity contribution in [3.05, 3.63) is 144 Å². The molecule has 12 heteroatoms. The Kier molecular flexibility index (Phi) is 15.3. The van der Waals surface area contributed by atoms with Gasteiger partial charge in [-0.25, -0.2) is 9.97 Å². The number of oxazole rings is 2. The number of carbonyl (C=O) groups excluding carboxylic acids is 1. The number of piperidine rings is 1. The third-order valence-corrected chi connectivity index (χ3v) is 13.2. The highest BCUT2D eigenvalue weighted by Gasteiger charge is 2.29. The predicted molar refractivity (Wildman–Crippen MR) is 268 cm³/mol. The molecule has 1 saturated carbocycles. The molecule has 2 aromatic heterocycles. The minimum Gasteiger partial charge on any atom is -0.496 e. The van der Waals surface area contributed by atoms with Crippen LogP contribution in [0.2, 0.25) is 0 Å². The van der Waals surface area contributed by atoms with Crippen molar-refractivity contribution in [2.45, 2.75) is 77.8 Å². The van der Waals surface area contributed by atoms with Crippen LogP contribution in [0, 0.1) is 19.8 Å². The predicted octanol–water partition coefficient (Wildman–Crippen LogP) is 12.9. The highest BCUT2D eigenvalue weighted by atomic mass is 16.5. The third kappa shape index (κ3) is 10.9. The van der Waals surface area contributed by atoms with Crippen molar-refractivity contribution >= 4 is 40.4 Å². The second kappa shape index (κ2) is 22.0. The molecule has 1 atom stereocenters. The molecule has 3 heterocycles. The number of hydrogen-bond acceptors (Lipinski definition) is 10. The molecule has 2 fully saturated rings. The lowest BCUT2D eigenvalue weighted by Gasteiger charge is -2.33. The lowest BCUT2D eigenvalue weighted by molar-refractivity contribution is -0.145. The Bertz CT molecular complexity index is 3060. The molecule has 2 aliphatic rings. The fraction of sp³-hybridized carbons (Fsp3) is 0.281. The SMILES string of the molecule is COc1cc2oc(-c3cccc(-c4ccccc4)c3C)nc2cc1C=O.COc1cc2oc(-c3cccc(-c4ccccc4)c3C)nc2cc1CN1CCCCC1C(=O)O.O=C(O)C1CCCCC1. The maximum Gasteiger partial charge on any atom is 0.320 e. The summed E-state index contributed by atoms with van der Waals surface area (Å²) in [4.78, 5) is 44.7. The van der Waals surface area contributed by atoms with Crippen molar-refractivity contribution < 1.29 is 42.9 Å². The summed E-state index contributed by atoms with van der Waals surface area (Å²) < 4.78 is 23.0. The van der Waals surface area contributed by atoms with Crippen molar-refractivity contribution in [2.24, 2.45) is 5.92 Å². The van der Waals surface area contributed by atoms with Gasteiger partial charge in [-0.1, -0.05) is 111 Å². The Morgan fingerprint density at radius 2 is 1.13 bits per heavy atom. The molecule has 8 aromatic rings. The highest BCUT2D eigenvalue weighted by molar-refractivity contribution is 5.89. The van der Waals surface area contributed by atoms with E-state index in [0.29, 0.717) is 58.5 Å². The molecule has 1 unspecified atom stereocenters. The minimum atomic E-state index is -0.766. The molecule has 1 saturated heterocycles. The van der Waals surface area contributed by atoms with Gasteiger partial charge in [0.25, 0.3) is 0 Å². The maximum absolute atomic E-state index is 11.7. The molecule has 6 aromatic carbocycles. The topological polar surface area (TPSA) is 165 Å². The third-order valence-electron chi connectivity index (χ3n) is 13.2. The molecule has 354 valence electrons. The molecular weight excluding hydrogens is 871 g/mol. The summed E-state index contributed by atoms with van der Waals surface area (Å²) in [7, 11) is 3.15. The standard InChI is InChI=1S/C28H28N2O4.C22H17NO3.C7H12O2/c1-18-21(19-9-4-3-5-10-19)11-8-12-22(18)27-29-23-15-20(25(33-2)16-26(23)34-27)17-30-14-7-6-13-24(30)28(31)32;1-14-17(15-7-4-3-5-8-15)9-6-10-18(14)22-23-19-11-16(13-24)20(25-2)12-21(19)26-22;8-7(9)6-4-2-1-3-5-6/h3-5,8-12,15-16,24H,6-7,13-14,17H2,1-2H3,(H,31,32);3-13H,1-2H3;6H,1-5H2,(H,8,9). The maximum atomic E-state index is 11.7. The van der Waals surface area contributed by atoms with Gasteiger partial charge in [0.05, 0.1) is 25.7 Å². The molecule has 69 heavy (non-hydrogen) atoms. The quantitative estimate of drug-likeness (QED) is 0.118. The van der Waals surface area contributed by atoms with Gasteiger partial charge >= 0.3 is 11.9 Å². The van der Waals surface area contributed by atoms with E-state index in [4.69, 9.17) is 28.4 Å². The monoisotopic (exact) mass is 927 g/mol. The summed E-state index contributed by atoms with van der Waals surface area (Å²) in [5.74, 6) is 0.849. The number of aliphatic carboxylic acids is 2. The van der Waals surface area contributed by atoms with E-state index in [1.807, 2.05) is 77.7 Å². The number of hydrogen-bond donors (Lipinski definition) is 2. The lowest BCUT2D eigenvalue weighted by atomic mass is 9.90. The van der Waals surface area contributed by atoms with Crippen molar-refractivity contribution in [1.29, 1.82) is 0 Å². The number of benzene rings is 6. The summed E-state index contributed by atoms with van der Waals surface area (Å²) in [6.07, 6.45) is 8.61. The lowest BCUT2D eigenvalue weighted by Crippen LogP contribution is -2.44. The van der Waals surface area contributed by atoms with Crippen LogP contribution in [0.15, 0.2) is 130 Å². The molecule has 1 aliphatic heterocycles. The molecule has 12 nitrogen and oxygen atoms in total. The average Bonchev–Trinajstić information content (AvgIpc) is 4.00. The van der Waals surface area contributed by atoms with E-state index in [1.165, 1.54) is 13.5 Å². The fourth-order valence-electron chi connectivity index (χ4n) is 9.41. The Balaban J connectivity index is 0.000000161. The molecule has 2 N–H and O–H groups in total. The molecule has 1 aliphatic carbocycles. The zero-order chi connectivity index (χ0) is 48.4. The van der Waals surface area contributed by atoms with E-state index in [9.17, 15) is 19.5 Å². The van der Waals surface area contributed by atoms with Crippen LogP contribution in [0.3, 0.4) is 0 Å². The van der Waals surface area contributed by atoms with E-state index >= 15 is 0 Å². The first kappa shape index (κ1) is 47.9. The smallest absolute Gasteiger partial charge is 0.320 e. The van der Waals surface area contributed by atoms with E-state index in [1.54, 1.807) is 19.2 Å². The molecule has 0 bridgehead atoms. The summed E-state index contributed by atoms with van der Waals surface area (Å²) in [5.41, 5.74) is 12.6. The van der Waals surface area contributed by atoms with Crippen LogP contribution >= 0.6 is 0 Å². The summed E-state index contributed by atoms with van der Waals surface area (Å²) in [6, 6.07) is 39.5. The van der Waals surface area contributed by atoms with E-state index in [-0.39, 0.29) is 5.92 Å². The van der Waals surface area contributed by atoms with Crippen molar-refractivity contribution in [1.82, 2.24) is 14.9 Å². The summed E-state index contributed by atoms with van der Waals surface area (Å²) >= 11 is 0. The number of ether oxygens (including phenoxy) is 2. The van der Waals surface area contributed by atoms with Crippen LogP contribution in [0.5, 0.6) is 11.5 Å². The number of aldehydes is 1. The first-order chi connectivity index (χ1) is 33.6. The molecule has 0 amide bonds. The second-order valence-corrected chi connectivity index (χ2v) is 17.5. The average molecular weight is 928 g/mol. The molecule has 0 spiro atoms. The second-order valence-electron chi connectivity index (χ2n) is 17.5.